The van der Waals surface area contributed by atoms with Gasteiger partial charge in [0, 0.05) is 24.1 Å². The van der Waals surface area contributed by atoms with Crippen molar-refractivity contribution < 1.29 is 14.3 Å². The Morgan fingerprint density at radius 2 is 2.00 bits per heavy atom. The van der Waals surface area contributed by atoms with Gasteiger partial charge in [0.15, 0.2) is 0 Å². The van der Waals surface area contributed by atoms with Gasteiger partial charge >= 0.3 is 0 Å². The molecule has 1 N–H and O–H groups in total. The smallest absolute Gasteiger partial charge is 0.270 e. The number of rotatable bonds is 7. The molecule has 6 heteroatoms. The van der Waals surface area contributed by atoms with Crippen molar-refractivity contribution in [3.8, 4) is 16.3 Å². The molecule has 1 atom stereocenters. The number of aromatic nitrogens is 1. The van der Waals surface area contributed by atoms with E-state index >= 15 is 0 Å². The van der Waals surface area contributed by atoms with Crippen LogP contribution in [0.15, 0.2) is 60.0 Å². The van der Waals surface area contributed by atoms with Crippen LogP contribution in [0.1, 0.15) is 28.9 Å². The molecule has 1 fully saturated rings. The standard InChI is InChI=1S/C22H22N2O3S/c25-21(23-13-19-7-4-12-26-19)20-15-28-22(24-20)17-8-10-18(11-9-17)27-14-16-5-2-1-3-6-16/h1-3,5-6,8-11,15,19H,4,7,12-14H2,(H,23,25). The Kier molecular flexibility index (Phi) is 5.99. The summed E-state index contributed by atoms with van der Waals surface area (Å²) in [5, 5.41) is 5.52. The summed E-state index contributed by atoms with van der Waals surface area (Å²) in [5.41, 5.74) is 2.54. The summed E-state index contributed by atoms with van der Waals surface area (Å²) in [4.78, 5) is 16.8. The second kappa shape index (κ2) is 8.99. The van der Waals surface area contributed by atoms with Crippen molar-refractivity contribution in [1.29, 1.82) is 0 Å². The molecule has 1 amide bonds. The maximum absolute atomic E-state index is 12.3. The third kappa shape index (κ3) is 4.77. The molecule has 2 heterocycles. The summed E-state index contributed by atoms with van der Waals surface area (Å²) in [6.45, 7) is 1.86. The van der Waals surface area contributed by atoms with Crippen LogP contribution in [0.5, 0.6) is 5.75 Å². The number of amides is 1. The fraction of sp³-hybridized carbons (Fsp3) is 0.273. The van der Waals surface area contributed by atoms with Crippen LogP contribution in [0.25, 0.3) is 10.6 Å². The van der Waals surface area contributed by atoms with Gasteiger partial charge in [-0.1, -0.05) is 30.3 Å². The van der Waals surface area contributed by atoms with Gasteiger partial charge in [-0.15, -0.1) is 11.3 Å². The molecule has 0 saturated carbocycles. The van der Waals surface area contributed by atoms with E-state index in [0.29, 0.717) is 18.8 Å². The van der Waals surface area contributed by atoms with Crippen molar-refractivity contribution in [3.63, 3.8) is 0 Å². The second-order valence-corrected chi connectivity index (χ2v) is 7.54. The lowest BCUT2D eigenvalue weighted by Crippen LogP contribution is -2.31. The van der Waals surface area contributed by atoms with Crippen molar-refractivity contribution in [3.05, 3.63) is 71.2 Å². The highest BCUT2D eigenvalue weighted by Crippen LogP contribution is 2.26. The largest absolute Gasteiger partial charge is 0.489 e. The molecule has 3 aromatic rings. The minimum atomic E-state index is -0.152. The highest BCUT2D eigenvalue weighted by molar-refractivity contribution is 7.13. The predicted octanol–water partition coefficient (Wildman–Crippen LogP) is 4.30. The van der Waals surface area contributed by atoms with Crippen molar-refractivity contribution in [2.45, 2.75) is 25.6 Å². The van der Waals surface area contributed by atoms with Crippen LogP contribution in [0.2, 0.25) is 0 Å². The Labute approximate surface area is 168 Å². The molecule has 1 saturated heterocycles. The third-order valence-corrected chi connectivity index (χ3v) is 5.49. The highest BCUT2D eigenvalue weighted by atomic mass is 32.1. The van der Waals surface area contributed by atoms with Gasteiger partial charge in [-0.05, 0) is 42.7 Å². The van der Waals surface area contributed by atoms with Gasteiger partial charge < -0.3 is 14.8 Å². The van der Waals surface area contributed by atoms with E-state index in [1.807, 2.05) is 54.6 Å². The van der Waals surface area contributed by atoms with Gasteiger partial charge in [-0.3, -0.25) is 4.79 Å². The van der Waals surface area contributed by atoms with E-state index in [4.69, 9.17) is 9.47 Å². The fourth-order valence-corrected chi connectivity index (χ4v) is 3.85. The second-order valence-electron chi connectivity index (χ2n) is 6.68. The quantitative estimate of drug-likeness (QED) is 0.649. The number of hydrogen-bond acceptors (Lipinski definition) is 5. The van der Waals surface area contributed by atoms with Crippen molar-refractivity contribution in [2.75, 3.05) is 13.2 Å². The molecular formula is C22H22N2O3S. The molecule has 5 nitrogen and oxygen atoms in total. The van der Waals surface area contributed by atoms with E-state index in [1.165, 1.54) is 11.3 Å². The molecule has 1 aliphatic rings. The first-order valence-electron chi connectivity index (χ1n) is 9.40. The Bertz CT molecular complexity index is 903. The predicted molar refractivity (Wildman–Crippen MR) is 110 cm³/mol. The number of hydrogen-bond donors (Lipinski definition) is 1. The van der Waals surface area contributed by atoms with Gasteiger partial charge in [0.25, 0.3) is 5.91 Å². The minimum Gasteiger partial charge on any atom is -0.489 e. The van der Waals surface area contributed by atoms with Gasteiger partial charge in [-0.2, -0.15) is 0 Å². The van der Waals surface area contributed by atoms with Crippen LogP contribution < -0.4 is 10.1 Å². The van der Waals surface area contributed by atoms with Crippen LogP contribution in [-0.2, 0) is 11.3 Å². The van der Waals surface area contributed by atoms with E-state index in [-0.39, 0.29) is 12.0 Å². The number of ether oxygens (including phenoxy) is 2. The Hall–Kier alpha value is -2.70. The first-order valence-corrected chi connectivity index (χ1v) is 10.3. The monoisotopic (exact) mass is 394 g/mol. The van der Waals surface area contributed by atoms with Gasteiger partial charge in [-0.25, -0.2) is 4.98 Å². The lowest BCUT2D eigenvalue weighted by Gasteiger charge is -2.09. The fourth-order valence-electron chi connectivity index (χ4n) is 3.05. The zero-order chi connectivity index (χ0) is 19.2. The van der Waals surface area contributed by atoms with Crippen molar-refractivity contribution >= 4 is 17.2 Å². The highest BCUT2D eigenvalue weighted by Gasteiger charge is 2.18. The zero-order valence-electron chi connectivity index (χ0n) is 15.5. The Balaban J connectivity index is 1.33. The number of carbonyl (C=O) groups is 1. The van der Waals surface area contributed by atoms with Crippen LogP contribution >= 0.6 is 11.3 Å². The van der Waals surface area contributed by atoms with Gasteiger partial charge in [0.1, 0.15) is 23.1 Å². The summed E-state index contributed by atoms with van der Waals surface area (Å²) in [5.74, 6) is 0.652. The summed E-state index contributed by atoms with van der Waals surface area (Å²) in [6, 6.07) is 17.8. The first kappa shape index (κ1) is 18.7. The molecule has 1 aliphatic heterocycles. The molecule has 2 aromatic carbocycles. The first-order chi connectivity index (χ1) is 13.8. The van der Waals surface area contributed by atoms with E-state index in [9.17, 15) is 4.79 Å². The lowest BCUT2D eigenvalue weighted by atomic mass is 10.2. The summed E-state index contributed by atoms with van der Waals surface area (Å²) in [6.07, 6.45) is 2.19. The van der Waals surface area contributed by atoms with Crippen LogP contribution in [0.4, 0.5) is 0 Å². The molecule has 1 aromatic heterocycles. The SMILES string of the molecule is O=C(NCC1CCCO1)c1csc(-c2ccc(OCc3ccccc3)cc2)n1. The maximum Gasteiger partial charge on any atom is 0.270 e. The van der Waals surface area contributed by atoms with Gasteiger partial charge in [0.2, 0.25) is 0 Å². The Morgan fingerprint density at radius 1 is 1.18 bits per heavy atom. The summed E-state index contributed by atoms with van der Waals surface area (Å²) < 4.78 is 11.3. The van der Waals surface area contributed by atoms with Gasteiger partial charge in [0.05, 0.1) is 6.10 Å². The topological polar surface area (TPSA) is 60.5 Å². The molecule has 0 bridgehead atoms. The van der Waals surface area contributed by atoms with E-state index in [0.717, 1.165) is 41.3 Å². The van der Waals surface area contributed by atoms with Crippen molar-refractivity contribution in [1.82, 2.24) is 10.3 Å². The maximum atomic E-state index is 12.3. The number of nitrogens with one attached hydrogen (secondary N) is 1. The number of benzene rings is 2. The van der Waals surface area contributed by atoms with Crippen LogP contribution in [0.3, 0.4) is 0 Å². The van der Waals surface area contributed by atoms with E-state index in [1.54, 1.807) is 5.38 Å². The van der Waals surface area contributed by atoms with E-state index < -0.39 is 0 Å². The average molecular weight is 394 g/mol. The molecule has 0 radical (unpaired) electrons. The van der Waals surface area contributed by atoms with Crippen molar-refractivity contribution in [2.24, 2.45) is 0 Å². The summed E-state index contributed by atoms with van der Waals surface area (Å²) in [7, 11) is 0. The van der Waals surface area contributed by atoms with Crippen LogP contribution in [0, 0.1) is 0 Å². The molecule has 4 rings (SSSR count). The van der Waals surface area contributed by atoms with Crippen LogP contribution in [-0.4, -0.2) is 30.1 Å². The molecular weight excluding hydrogens is 372 g/mol. The molecule has 1 unspecified atom stereocenters. The minimum absolute atomic E-state index is 0.130. The normalized spacial score (nSPS) is 16.1. The lowest BCUT2D eigenvalue weighted by molar-refractivity contribution is 0.0854. The summed E-state index contributed by atoms with van der Waals surface area (Å²) >= 11 is 1.46. The number of thiazole rings is 1. The average Bonchev–Trinajstić information content (AvgIpc) is 3.44. The number of nitrogens with zero attached hydrogens (tertiary/aromatic N) is 1. The molecule has 0 aliphatic carbocycles. The zero-order valence-corrected chi connectivity index (χ0v) is 16.3. The molecule has 28 heavy (non-hydrogen) atoms. The molecule has 144 valence electrons. The van der Waals surface area contributed by atoms with E-state index in [2.05, 4.69) is 10.3 Å². The Morgan fingerprint density at radius 3 is 2.75 bits per heavy atom. The third-order valence-electron chi connectivity index (χ3n) is 4.60. The molecule has 0 spiro atoms. The number of carbonyl (C=O) groups excluding carboxylic acids is 1.